The number of hydrogen-bond donors (Lipinski definition) is 0. The molecule has 0 N–H and O–H groups in total. The average Bonchev–Trinajstić information content (AvgIpc) is 1.94. The lowest BCUT2D eigenvalue weighted by Crippen LogP contribution is -2.27. The highest BCUT2D eigenvalue weighted by atomic mass is 35.6. The van der Waals surface area contributed by atoms with E-state index in [0.717, 1.165) is 12.2 Å². The third-order valence-electron chi connectivity index (χ3n) is 1.04. The quantitative estimate of drug-likeness (QED) is 0.455. The van der Waals surface area contributed by atoms with Crippen LogP contribution in [-0.2, 0) is 18.4 Å². The van der Waals surface area contributed by atoms with Crippen molar-refractivity contribution < 1.29 is 18.4 Å². The van der Waals surface area contributed by atoms with E-state index in [0.29, 0.717) is 0 Å². The maximum atomic E-state index is 11.1. The molecule has 0 aromatic rings. The van der Waals surface area contributed by atoms with Crippen LogP contribution in [0.25, 0.3) is 0 Å². The molecule has 0 saturated carbocycles. The van der Waals surface area contributed by atoms with Gasteiger partial charge < -0.3 is 8.85 Å². The molecular weight excluding hydrogens is 287 g/mol. The predicted octanol–water partition coefficient (Wildman–Crippen LogP) is 2.51. The Morgan fingerprint density at radius 3 is 1.31 bits per heavy atom. The molecule has 0 aliphatic carbocycles. The maximum absolute atomic E-state index is 11.1. The van der Waals surface area contributed by atoms with Gasteiger partial charge >= 0.3 is 27.2 Å². The molecule has 16 heavy (non-hydrogen) atoms. The molecule has 0 unspecified atom stereocenters. The highest BCUT2D eigenvalue weighted by Crippen LogP contribution is 2.11. The van der Waals surface area contributed by atoms with E-state index >= 15 is 0 Å². The van der Waals surface area contributed by atoms with Crippen LogP contribution in [0.2, 0.25) is 26.2 Å². The van der Waals surface area contributed by atoms with E-state index < -0.39 is 27.2 Å². The van der Waals surface area contributed by atoms with Crippen LogP contribution in [0.3, 0.4) is 0 Å². The van der Waals surface area contributed by atoms with Crippen LogP contribution in [0.1, 0.15) is 0 Å². The van der Waals surface area contributed by atoms with Crippen molar-refractivity contribution in [2.45, 2.75) is 26.2 Å². The van der Waals surface area contributed by atoms with Crippen molar-refractivity contribution in [1.29, 1.82) is 0 Å². The van der Waals surface area contributed by atoms with Crippen molar-refractivity contribution in [3.05, 3.63) is 12.2 Å². The summed E-state index contributed by atoms with van der Waals surface area (Å²) in [6.07, 6.45) is 1.97. The number of carbonyl (C=O) groups is 2. The Bertz CT molecular complexity index is 274. The molecule has 0 aliphatic heterocycles. The molecule has 0 saturated heterocycles. The summed E-state index contributed by atoms with van der Waals surface area (Å²) in [4.78, 5) is 22.3. The monoisotopic (exact) mass is 300 g/mol. The highest BCUT2D eigenvalue weighted by Gasteiger charge is 2.24. The summed E-state index contributed by atoms with van der Waals surface area (Å²) in [5, 5.41) is 0. The summed E-state index contributed by atoms with van der Waals surface area (Å²) in [6, 6.07) is 0. The Kier molecular flexibility index (Phi) is 5.74. The molecule has 0 rings (SSSR count). The molecule has 4 nitrogen and oxygen atoms in total. The summed E-state index contributed by atoms with van der Waals surface area (Å²) in [7, 11) is -4.87. The van der Waals surface area contributed by atoms with E-state index in [1.807, 2.05) is 0 Å². The minimum atomic E-state index is -2.44. The molecule has 0 aromatic heterocycles. The van der Waals surface area contributed by atoms with Crippen LogP contribution in [0.5, 0.6) is 0 Å². The lowest BCUT2D eigenvalue weighted by Gasteiger charge is -2.13. The minimum Gasteiger partial charge on any atom is -0.502 e. The second-order valence-corrected chi connectivity index (χ2v) is 15.2. The molecular formula is C8H14Cl2O4Si2. The number of hydrogen-bond acceptors (Lipinski definition) is 4. The van der Waals surface area contributed by atoms with E-state index in [-0.39, 0.29) is 0 Å². The summed E-state index contributed by atoms with van der Waals surface area (Å²) >= 11 is 11.6. The average molecular weight is 301 g/mol. The normalized spacial score (nSPS) is 12.6. The van der Waals surface area contributed by atoms with Gasteiger partial charge in [0.2, 0.25) is 0 Å². The van der Waals surface area contributed by atoms with Gasteiger partial charge in [-0.05, 0) is 26.2 Å². The van der Waals surface area contributed by atoms with Crippen molar-refractivity contribution in [3.63, 3.8) is 0 Å². The van der Waals surface area contributed by atoms with Gasteiger partial charge in [0.1, 0.15) is 0 Å². The smallest absolute Gasteiger partial charge is 0.345 e. The van der Waals surface area contributed by atoms with E-state index in [2.05, 4.69) is 0 Å². The van der Waals surface area contributed by atoms with Gasteiger partial charge in [0, 0.05) is 12.2 Å². The van der Waals surface area contributed by atoms with E-state index in [4.69, 9.17) is 31.0 Å². The van der Waals surface area contributed by atoms with Crippen LogP contribution >= 0.6 is 22.2 Å². The van der Waals surface area contributed by atoms with Crippen molar-refractivity contribution in [2.75, 3.05) is 0 Å². The van der Waals surface area contributed by atoms with Gasteiger partial charge in [-0.15, -0.1) is 22.2 Å². The fourth-order valence-corrected chi connectivity index (χ4v) is 2.23. The molecule has 0 fully saturated rings. The lowest BCUT2D eigenvalue weighted by atomic mass is 10.5. The van der Waals surface area contributed by atoms with Crippen molar-refractivity contribution in [3.8, 4) is 0 Å². The van der Waals surface area contributed by atoms with Gasteiger partial charge in [-0.25, -0.2) is 9.59 Å². The number of carbonyl (C=O) groups excluding carboxylic acids is 2. The zero-order valence-corrected chi connectivity index (χ0v) is 13.1. The molecule has 0 amide bonds. The first-order valence-corrected chi connectivity index (χ1v) is 12.4. The van der Waals surface area contributed by atoms with Gasteiger partial charge in [-0.3, -0.25) is 0 Å². The number of rotatable bonds is 4. The fraction of sp³-hybridized carbons (Fsp3) is 0.500. The van der Waals surface area contributed by atoms with E-state index in [1.54, 1.807) is 26.2 Å². The Hall–Kier alpha value is -0.306. The zero-order chi connectivity index (χ0) is 13.0. The van der Waals surface area contributed by atoms with Crippen molar-refractivity contribution in [1.82, 2.24) is 0 Å². The first-order chi connectivity index (χ1) is 6.99. The second-order valence-electron chi connectivity index (χ2n) is 3.90. The Balaban J connectivity index is 4.20. The zero-order valence-electron chi connectivity index (χ0n) is 9.54. The first-order valence-electron chi connectivity index (χ1n) is 4.51. The van der Waals surface area contributed by atoms with Crippen molar-refractivity contribution in [2.24, 2.45) is 0 Å². The number of halogens is 2. The van der Waals surface area contributed by atoms with Crippen LogP contribution in [0.15, 0.2) is 12.2 Å². The maximum Gasteiger partial charge on any atom is 0.345 e. The third-order valence-corrected chi connectivity index (χ3v) is 2.88. The minimum absolute atomic E-state index is 0.655. The van der Waals surface area contributed by atoms with Crippen LogP contribution in [0, 0.1) is 0 Å². The topological polar surface area (TPSA) is 52.6 Å². The molecule has 0 bridgehead atoms. The molecule has 0 aliphatic rings. The van der Waals surface area contributed by atoms with Crippen LogP contribution in [0.4, 0.5) is 0 Å². The van der Waals surface area contributed by atoms with Gasteiger partial charge in [0.25, 0.3) is 0 Å². The molecule has 0 radical (unpaired) electrons. The predicted molar refractivity (Wildman–Crippen MR) is 68.0 cm³/mol. The Morgan fingerprint density at radius 1 is 0.875 bits per heavy atom. The lowest BCUT2D eigenvalue weighted by molar-refractivity contribution is -0.132. The molecule has 8 heteroatoms. The summed E-state index contributed by atoms with van der Waals surface area (Å²) < 4.78 is 9.73. The molecule has 92 valence electrons. The second kappa shape index (κ2) is 5.85. The van der Waals surface area contributed by atoms with Gasteiger partial charge in [0.15, 0.2) is 0 Å². The summed E-state index contributed by atoms with van der Waals surface area (Å²) in [6.45, 7) is 6.58. The Labute approximate surface area is 106 Å². The molecule has 0 heterocycles. The largest absolute Gasteiger partial charge is 0.502 e. The first kappa shape index (κ1) is 15.7. The van der Waals surface area contributed by atoms with Gasteiger partial charge in [0.05, 0.1) is 0 Å². The standard InChI is InChI=1S/C8H14Cl2O4Si2/c1-15(2,9)13-7(11)5-6-8(12)14-16(3,4)10/h5-6H,1-4H3/b6-5+. The van der Waals surface area contributed by atoms with Crippen LogP contribution in [-0.4, -0.2) is 27.2 Å². The molecule has 0 aromatic carbocycles. The summed E-state index contributed by atoms with van der Waals surface area (Å²) in [5.41, 5.74) is 0. The van der Waals surface area contributed by atoms with Gasteiger partial charge in [-0.1, -0.05) is 0 Å². The van der Waals surface area contributed by atoms with Crippen molar-refractivity contribution >= 4 is 49.4 Å². The molecule has 0 spiro atoms. The van der Waals surface area contributed by atoms with Gasteiger partial charge in [-0.2, -0.15) is 0 Å². The van der Waals surface area contributed by atoms with Crippen LogP contribution < -0.4 is 0 Å². The Morgan fingerprint density at radius 2 is 1.12 bits per heavy atom. The highest BCUT2D eigenvalue weighted by molar-refractivity contribution is 7.16. The van der Waals surface area contributed by atoms with E-state index in [9.17, 15) is 9.59 Å². The summed E-state index contributed by atoms with van der Waals surface area (Å²) in [5.74, 6) is -1.31. The fourth-order valence-electron chi connectivity index (χ4n) is 0.683. The SMILES string of the molecule is C[Si](C)(Cl)OC(=O)/C=C/C(=O)O[Si](C)(C)Cl. The third kappa shape index (κ3) is 10.2. The van der Waals surface area contributed by atoms with E-state index in [1.165, 1.54) is 0 Å². The molecule has 0 atom stereocenters.